The Labute approximate surface area is 153 Å². The van der Waals surface area contributed by atoms with E-state index in [0.717, 1.165) is 12.8 Å². The number of carbonyl (C=O) groups is 2. The van der Waals surface area contributed by atoms with E-state index in [1.54, 1.807) is 30.2 Å². The van der Waals surface area contributed by atoms with Crippen LogP contribution in [0.4, 0.5) is 0 Å². The molecule has 2 unspecified atom stereocenters. The van der Waals surface area contributed by atoms with Crippen molar-refractivity contribution in [1.82, 2.24) is 4.90 Å². The van der Waals surface area contributed by atoms with Crippen LogP contribution in [0.2, 0.25) is 0 Å². The molecule has 0 bridgehead atoms. The van der Waals surface area contributed by atoms with Gasteiger partial charge in [0.05, 0.1) is 26.2 Å². The maximum atomic E-state index is 12.9. The number of carboxylic acids is 1. The second-order valence-electron chi connectivity index (χ2n) is 6.37. The molecule has 7 nitrogen and oxygen atoms in total. The fourth-order valence-electron chi connectivity index (χ4n) is 3.10. The van der Waals surface area contributed by atoms with Gasteiger partial charge in [-0.25, -0.2) is 0 Å². The average Bonchev–Trinajstić information content (AvgIpc) is 3.03. The van der Waals surface area contributed by atoms with Crippen LogP contribution < -0.4 is 9.47 Å². The van der Waals surface area contributed by atoms with Crippen LogP contribution in [0.3, 0.4) is 0 Å². The summed E-state index contributed by atoms with van der Waals surface area (Å²) in [6.07, 6.45) is 2.24. The number of carboxylic acid groups (broad SMARTS) is 1. The molecule has 0 aliphatic carbocycles. The van der Waals surface area contributed by atoms with E-state index in [-0.39, 0.29) is 24.5 Å². The lowest BCUT2D eigenvalue weighted by Gasteiger charge is -2.23. The summed E-state index contributed by atoms with van der Waals surface area (Å²) in [6, 6.07) is 4.67. The number of aliphatic carboxylic acids is 1. The summed E-state index contributed by atoms with van der Waals surface area (Å²) in [5, 5.41) is 9.11. The number of methoxy groups -OCH3 is 2. The number of unbranched alkanes of at least 4 members (excludes halogenated alkanes) is 1. The van der Waals surface area contributed by atoms with Crippen LogP contribution in [-0.2, 0) is 9.53 Å². The highest BCUT2D eigenvalue weighted by Gasteiger charge is 2.37. The fourth-order valence-corrected chi connectivity index (χ4v) is 3.10. The predicted octanol–water partition coefficient (Wildman–Crippen LogP) is 2.58. The summed E-state index contributed by atoms with van der Waals surface area (Å²) >= 11 is 0. The Balaban J connectivity index is 2.17. The van der Waals surface area contributed by atoms with Crippen molar-refractivity contribution >= 4 is 11.9 Å². The molecular weight excluding hydrogens is 338 g/mol. The lowest BCUT2D eigenvalue weighted by molar-refractivity contribution is -0.137. The summed E-state index contributed by atoms with van der Waals surface area (Å²) in [7, 11) is 3.10. The third kappa shape index (κ3) is 4.88. The average molecular weight is 365 g/mol. The maximum absolute atomic E-state index is 12.9. The van der Waals surface area contributed by atoms with Crippen molar-refractivity contribution in [2.45, 2.75) is 44.8 Å². The van der Waals surface area contributed by atoms with E-state index in [9.17, 15) is 9.59 Å². The van der Waals surface area contributed by atoms with Crippen molar-refractivity contribution in [3.05, 3.63) is 23.8 Å². The zero-order valence-electron chi connectivity index (χ0n) is 15.6. The van der Waals surface area contributed by atoms with Crippen LogP contribution in [0, 0.1) is 0 Å². The fraction of sp³-hybridized carbons (Fsp3) is 0.579. The summed E-state index contributed by atoms with van der Waals surface area (Å²) in [6.45, 7) is 3.05. The van der Waals surface area contributed by atoms with Gasteiger partial charge in [-0.1, -0.05) is 13.3 Å². The number of benzene rings is 1. The van der Waals surface area contributed by atoms with E-state index in [1.165, 1.54) is 7.11 Å². The Morgan fingerprint density at radius 2 is 2.04 bits per heavy atom. The van der Waals surface area contributed by atoms with Crippen LogP contribution in [-0.4, -0.2) is 61.4 Å². The van der Waals surface area contributed by atoms with Gasteiger partial charge in [-0.2, -0.15) is 0 Å². The number of likely N-dealkylation sites (tertiary alicyclic amines) is 1. The summed E-state index contributed by atoms with van der Waals surface area (Å²) < 4.78 is 16.4. The third-order valence-electron chi connectivity index (χ3n) is 4.55. The molecule has 1 fully saturated rings. The minimum atomic E-state index is -0.929. The van der Waals surface area contributed by atoms with Crippen LogP contribution in [0.25, 0.3) is 0 Å². The Kier molecular flexibility index (Phi) is 7.26. The molecule has 1 saturated heterocycles. The maximum Gasteiger partial charge on any atom is 0.305 e. The molecule has 1 aromatic carbocycles. The van der Waals surface area contributed by atoms with Crippen molar-refractivity contribution in [2.75, 3.05) is 27.4 Å². The molecule has 1 amide bonds. The second kappa shape index (κ2) is 9.43. The molecule has 0 saturated carbocycles. The first-order valence-corrected chi connectivity index (χ1v) is 8.86. The minimum absolute atomic E-state index is 0.0963. The van der Waals surface area contributed by atoms with E-state index in [1.807, 2.05) is 0 Å². The Hall–Kier alpha value is -2.28. The molecule has 2 rings (SSSR count). The van der Waals surface area contributed by atoms with Gasteiger partial charge in [-0.15, -0.1) is 0 Å². The highest BCUT2D eigenvalue weighted by atomic mass is 16.5. The van der Waals surface area contributed by atoms with Crippen molar-refractivity contribution in [3.63, 3.8) is 0 Å². The van der Waals surface area contributed by atoms with Gasteiger partial charge in [-0.3, -0.25) is 9.59 Å². The standard InChI is InChI=1S/C19H27NO6/c1-4-5-8-26-16-7-6-13(9-17(16)25-3)19(23)20-12-15(24-2)10-14(20)11-18(21)22/h6-7,9,14-15H,4-5,8,10-12H2,1-3H3,(H,21,22). The molecule has 1 N–H and O–H groups in total. The normalized spacial score (nSPS) is 19.4. The Bertz CT molecular complexity index is 632. The number of hydrogen-bond acceptors (Lipinski definition) is 5. The van der Waals surface area contributed by atoms with E-state index in [0.29, 0.717) is 36.6 Å². The number of hydrogen-bond donors (Lipinski definition) is 1. The number of carbonyl (C=O) groups excluding carboxylic acids is 1. The SMILES string of the molecule is CCCCOc1ccc(C(=O)N2CC(OC)CC2CC(=O)O)cc1OC. The van der Waals surface area contributed by atoms with Crippen molar-refractivity contribution in [2.24, 2.45) is 0 Å². The van der Waals surface area contributed by atoms with Crippen molar-refractivity contribution in [3.8, 4) is 11.5 Å². The Morgan fingerprint density at radius 1 is 1.27 bits per heavy atom. The van der Waals surface area contributed by atoms with Gasteiger partial charge in [0.2, 0.25) is 0 Å². The zero-order chi connectivity index (χ0) is 19.1. The molecule has 26 heavy (non-hydrogen) atoms. The van der Waals surface area contributed by atoms with Gasteiger partial charge >= 0.3 is 5.97 Å². The van der Waals surface area contributed by atoms with E-state index in [2.05, 4.69) is 6.92 Å². The summed E-state index contributed by atoms with van der Waals surface area (Å²) in [5.41, 5.74) is 0.442. The van der Waals surface area contributed by atoms with Crippen molar-refractivity contribution < 1.29 is 28.9 Å². The largest absolute Gasteiger partial charge is 0.493 e. The third-order valence-corrected chi connectivity index (χ3v) is 4.55. The van der Waals surface area contributed by atoms with Gasteiger partial charge in [0.1, 0.15) is 0 Å². The summed E-state index contributed by atoms with van der Waals surface area (Å²) in [5.74, 6) is -0.0731. The highest BCUT2D eigenvalue weighted by Crippen LogP contribution is 2.31. The smallest absolute Gasteiger partial charge is 0.305 e. The topological polar surface area (TPSA) is 85.3 Å². The van der Waals surface area contributed by atoms with Crippen molar-refractivity contribution in [1.29, 1.82) is 0 Å². The van der Waals surface area contributed by atoms with E-state index >= 15 is 0 Å². The molecule has 0 radical (unpaired) electrons. The second-order valence-corrected chi connectivity index (χ2v) is 6.37. The first kappa shape index (κ1) is 20.0. The molecule has 0 spiro atoms. The van der Waals surface area contributed by atoms with Gasteiger partial charge in [0, 0.05) is 25.3 Å². The lowest BCUT2D eigenvalue weighted by atomic mass is 10.1. The number of nitrogens with zero attached hydrogens (tertiary/aromatic N) is 1. The molecular formula is C19H27NO6. The molecule has 0 aromatic heterocycles. The molecule has 1 aromatic rings. The number of rotatable bonds is 9. The number of amides is 1. The monoisotopic (exact) mass is 365 g/mol. The van der Waals surface area contributed by atoms with Gasteiger partial charge in [0.15, 0.2) is 11.5 Å². The van der Waals surface area contributed by atoms with E-state index < -0.39 is 5.97 Å². The molecule has 1 heterocycles. The molecule has 144 valence electrons. The lowest BCUT2D eigenvalue weighted by Crippen LogP contribution is -2.37. The quantitative estimate of drug-likeness (QED) is 0.677. The predicted molar refractivity (Wildman–Crippen MR) is 95.9 cm³/mol. The molecule has 1 aliphatic rings. The first-order chi connectivity index (χ1) is 12.5. The minimum Gasteiger partial charge on any atom is -0.493 e. The van der Waals surface area contributed by atoms with Crippen LogP contribution in [0.1, 0.15) is 43.0 Å². The van der Waals surface area contributed by atoms with E-state index in [4.69, 9.17) is 19.3 Å². The Morgan fingerprint density at radius 3 is 2.65 bits per heavy atom. The highest BCUT2D eigenvalue weighted by molar-refractivity contribution is 5.95. The van der Waals surface area contributed by atoms with Crippen LogP contribution in [0.5, 0.6) is 11.5 Å². The van der Waals surface area contributed by atoms with Gasteiger partial charge in [0.25, 0.3) is 5.91 Å². The van der Waals surface area contributed by atoms with Gasteiger partial charge < -0.3 is 24.2 Å². The van der Waals surface area contributed by atoms with Crippen LogP contribution in [0.15, 0.2) is 18.2 Å². The van der Waals surface area contributed by atoms with Gasteiger partial charge in [-0.05, 0) is 31.0 Å². The summed E-state index contributed by atoms with van der Waals surface area (Å²) in [4.78, 5) is 25.6. The number of ether oxygens (including phenoxy) is 3. The van der Waals surface area contributed by atoms with Crippen LogP contribution >= 0.6 is 0 Å². The molecule has 7 heteroatoms. The molecule has 1 aliphatic heterocycles. The first-order valence-electron chi connectivity index (χ1n) is 8.86. The zero-order valence-corrected chi connectivity index (χ0v) is 15.6. The molecule has 2 atom stereocenters.